The van der Waals surface area contributed by atoms with Gasteiger partial charge in [0.15, 0.2) is 0 Å². The highest BCUT2D eigenvalue weighted by molar-refractivity contribution is 4.83. The molecule has 1 atom stereocenters. The van der Waals surface area contributed by atoms with Crippen molar-refractivity contribution in [2.75, 3.05) is 0 Å². The van der Waals surface area contributed by atoms with Gasteiger partial charge in [-0.3, -0.25) is 0 Å². The lowest BCUT2D eigenvalue weighted by Crippen LogP contribution is -1.99. The van der Waals surface area contributed by atoms with Crippen molar-refractivity contribution in [2.24, 2.45) is 5.92 Å². The lowest BCUT2D eigenvalue weighted by molar-refractivity contribution is 0.429. The Labute approximate surface area is 77.1 Å². The van der Waals surface area contributed by atoms with E-state index in [2.05, 4.69) is 19.1 Å². The van der Waals surface area contributed by atoms with Crippen molar-refractivity contribution in [1.29, 1.82) is 0 Å². The molecular weight excluding hydrogens is 144 g/mol. The quantitative estimate of drug-likeness (QED) is 0.512. The molecule has 1 rings (SSSR count). The lowest BCUT2D eigenvalue weighted by Gasteiger charge is -2.14. The minimum Gasteiger partial charge on any atom is -0.0885 e. The van der Waals surface area contributed by atoms with Gasteiger partial charge in [-0.1, -0.05) is 44.8 Å². The summed E-state index contributed by atoms with van der Waals surface area (Å²) in [5.74, 6) is 0.896. The summed E-state index contributed by atoms with van der Waals surface area (Å²) in [6, 6.07) is 0. The first-order chi connectivity index (χ1) is 5.93. The van der Waals surface area contributed by atoms with Gasteiger partial charge in [0.1, 0.15) is 0 Å². The van der Waals surface area contributed by atoms with Gasteiger partial charge in [-0.2, -0.15) is 0 Å². The average molecular weight is 165 g/mol. The molecule has 0 aromatic carbocycles. The molecule has 1 aliphatic rings. The van der Waals surface area contributed by atoms with Gasteiger partial charge >= 0.3 is 0 Å². The van der Waals surface area contributed by atoms with E-state index in [4.69, 9.17) is 0 Å². The third-order valence-electron chi connectivity index (χ3n) is 2.80. The summed E-state index contributed by atoms with van der Waals surface area (Å²) in [5, 5.41) is 0. The molecule has 0 fully saturated rings. The molecule has 1 aliphatic carbocycles. The summed E-state index contributed by atoms with van der Waals surface area (Å²) < 4.78 is 0. The van der Waals surface area contributed by atoms with Crippen molar-refractivity contribution in [2.45, 2.75) is 51.4 Å². The van der Waals surface area contributed by atoms with Crippen LogP contribution in [-0.2, 0) is 0 Å². The summed E-state index contributed by atoms with van der Waals surface area (Å²) in [5.41, 5.74) is 0. The monoisotopic (exact) mass is 165 g/mol. The SMILES string of the molecule is [CH2]CC1CC/C=C\CCCCC1. The van der Waals surface area contributed by atoms with Gasteiger partial charge < -0.3 is 0 Å². The molecule has 0 saturated carbocycles. The molecule has 0 aromatic rings. The second-order valence-corrected chi connectivity index (χ2v) is 3.84. The Bertz CT molecular complexity index is 124. The minimum atomic E-state index is 0.896. The fraction of sp³-hybridized carbons (Fsp3) is 0.750. The fourth-order valence-corrected chi connectivity index (χ4v) is 1.87. The normalized spacial score (nSPS) is 29.6. The van der Waals surface area contributed by atoms with E-state index in [1.165, 1.54) is 44.9 Å². The molecule has 0 aliphatic heterocycles. The molecule has 0 saturated heterocycles. The van der Waals surface area contributed by atoms with Gasteiger partial charge in [-0.15, -0.1) is 0 Å². The molecular formula is C12H21. The molecule has 0 heteroatoms. The van der Waals surface area contributed by atoms with Crippen LogP contribution in [0, 0.1) is 12.8 Å². The van der Waals surface area contributed by atoms with Gasteiger partial charge in [0.2, 0.25) is 0 Å². The first kappa shape index (κ1) is 9.83. The van der Waals surface area contributed by atoms with Crippen LogP contribution in [-0.4, -0.2) is 0 Å². The standard InChI is InChI=1S/C12H21/c1-2-12-10-8-6-4-3-5-7-9-11-12/h4,6,12H,1-3,5,7-11H2/b6-4-. The molecule has 0 spiro atoms. The molecule has 12 heavy (non-hydrogen) atoms. The molecule has 0 heterocycles. The first-order valence-corrected chi connectivity index (χ1v) is 5.37. The summed E-state index contributed by atoms with van der Waals surface area (Å²) in [7, 11) is 0. The van der Waals surface area contributed by atoms with E-state index in [0.29, 0.717) is 0 Å². The number of allylic oxidation sites excluding steroid dienone is 2. The Hall–Kier alpha value is -0.260. The zero-order valence-corrected chi connectivity index (χ0v) is 8.10. The molecule has 0 aromatic heterocycles. The number of hydrogen-bond acceptors (Lipinski definition) is 0. The van der Waals surface area contributed by atoms with Gasteiger partial charge in [0.25, 0.3) is 0 Å². The van der Waals surface area contributed by atoms with Gasteiger partial charge in [-0.05, 0) is 31.6 Å². The van der Waals surface area contributed by atoms with E-state index in [0.717, 1.165) is 12.3 Å². The second-order valence-electron chi connectivity index (χ2n) is 3.84. The predicted molar refractivity (Wildman–Crippen MR) is 54.9 cm³/mol. The van der Waals surface area contributed by atoms with Crippen molar-refractivity contribution in [3.05, 3.63) is 19.1 Å². The topological polar surface area (TPSA) is 0 Å². The van der Waals surface area contributed by atoms with Crippen molar-refractivity contribution >= 4 is 0 Å². The summed E-state index contributed by atoms with van der Waals surface area (Å²) >= 11 is 0. The highest BCUT2D eigenvalue weighted by Crippen LogP contribution is 2.20. The molecule has 0 N–H and O–H groups in total. The highest BCUT2D eigenvalue weighted by atomic mass is 14.1. The Morgan fingerprint density at radius 3 is 2.67 bits per heavy atom. The van der Waals surface area contributed by atoms with E-state index < -0.39 is 0 Å². The van der Waals surface area contributed by atoms with Crippen molar-refractivity contribution in [3.8, 4) is 0 Å². The molecule has 0 amide bonds. The average Bonchev–Trinajstić information content (AvgIpc) is 2.14. The molecule has 0 nitrogen and oxygen atoms in total. The largest absolute Gasteiger partial charge is 0.0885 e. The van der Waals surface area contributed by atoms with E-state index in [-0.39, 0.29) is 0 Å². The van der Waals surface area contributed by atoms with Crippen molar-refractivity contribution in [3.63, 3.8) is 0 Å². The van der Waals surface area contributed by atoms with Crippen molar-refractivity contribution in [1.82, 2.24) is 0 Å². The van der Waals surface area contributed by atoms with Gasteiger partial charge in [-0.25, -0.2) is 0 Å². The van der Waals surface area contributed by atoms with Crippen LogP contribution < -0.4 is 0 Å². The smallest absolute Gasteiger partial charge is 0.0348 e. The van der Waals surface area contributed by atoms with Gasteiger partial charge in [0, 0.05) is 0 Å². The van der Waals surface area contributed by atoms with Crippen LogP contribution in [0.25, 0.3) is 0 Å². The summed E-state index contributed by atoms with van der Waals surface area (Å²) in [6.45, 7) is 4.01. The number of rotatable bonds is 1. The molecule has 1 radical (unpaired) electrons. The Morgan fingerprint density at radius 1 is 1.00 bits per heavy atom. The van der Waals surface area contributed by atoms with Gasteiger partial charge in [0.05, 0.1) is 0 Å². The summed E-state index contributed by atoms with van der Waals surface area (Å²) in [4.78, 5) is 0. The number of hydrogen-bond donors (Lipinski definition) is 0. The third kappa shape index (κ3) is 3.94. The van der Waals surface area contributed by atoms with Crippen LogP contribution in [0.2, 0.25) is 0 Å². The lowest BCUT2D eigenvalue weighted by atomic mass is 9.92. The Balaban J connectivity index is 2.27. The second kappa shape index (κ2) is 6.28. The highest BCUT2D eigenvalue weighted by Gasteiger charge is 2.05. The third-order valence-corrected chi connectivity index (χ3v) is 2.80. The maximum atomic E-state index is 4.01. The van der Waals surface area contributed by atoms with Crippen LogP contribution in [0.5, 0.6) is 0 Å². The maximum Gasteiger partial charge on any atom is -0.0348 e. The molecule has 1 unspecified atom stereocenters. The van der Waals surface area contributed by atoms with E-state index in [1.807, 2.05) is 0 Å². The molecule has 69 valence electrons. The molecule has 0 bridgehead atoms. The fourth-order valence-electron chi connectivity index (χ4n) is 1.87. The summed E-state index contributed by atoms with van der Waals surface area (Å²) in [6.07, 6.45) is 15.4. The van der Waals surface area contributed by atoms with Crippen LogP contribution in [0.15, 0.2) is 12.2 Å². The van der Waals surface area contributed by atoms with Crippen LogP contribution >= 0.6 is 0 Å². The van der Waals surface area contributed by atoms with Crippen LogP contribution in [0.3, 0.4) is 0 Å². The maximum absolute atomic E-state index is 4.01. The predicted octanol–water partition coefficient (Wildman–Crippen LogP) is 4.13. The van der Waals surface area contributed by atoms with Crippen LogP contribution in [0.4, 0.5) is 0 Å². The van der Waals surface area contributed by atoms with E-state index in [9.17, 15) is 0 Å². The minimum absolute atomic E-state index is 0.896. The van der Waals surface area contributed by atoms with E-state index in [1.54, 1.807) is 0 Å². The first-order valence-electron chi connectivity index (χ1n) is 5.37. The van der Waals surface area contributed by atoms with E-state index >= 15 is 0 Å². The Kier molecular flexibility index (Phi) is 5.14. The Morgan fingerprint density at radius 2 is 1.83 bits per heavy atom. The van der Waals surface area contributed by atoms with Crippen molar-refractivity contribution < 1.29 is 0 Å². The van der Waals surface area contributed by atoms with Crippen LogP contribution in [0.1, 0.15) is 51.4 Å². The zero-order chi connectivity index (χ0) is 8.65. The zero-order valence-electron chi connectivity index (χ0n) is 8.10.